The number of carbonyl (C=O) groups is 3. The van der Waals surface area contributed by atoms with E-state index >= 15 is 0 Å². The molecule has 0 aromatic heterocycles. The number of benzene rings is 1. The standard InChI is InChI=1S/C18H22FNO5/c1-10(2)13(20)9-14(21)17(3,4)18(24-15(22)16(23)25-18)11-5-7-12(19)8-6-11/h5-8,10,13H,9,20H2,1-4H3. The lowest BCUT2D eigenvalue weighted by atomic mass is 9.73. The molecule has 2 N–H and O–H groups in total. The predicted octanol–water partition coefficient (Wildman–Crippen LogP) is 2.05. The number of carbonyl (C=O) groups excluding carboxylic acids is 3. The normalized spacial score (nSPS) is 18.0. The zero-order chi connectivity index (χ0) is 19.0. The Bertz CT molecular complexity index is 680. The van der Waals surface area contributed by atoms with Crippen LogP contribution in [0, 0.1) is 17.2 Å². The van der Waals surface area contributed by atoms with Crippen molar-refractivity contribution in [1.29, 1.82) is 0 Å². The minimum atomic E-state index is -1.96. The summed E-state index contributed by atoms with van der Waals surface area (Å²) in [7, 11) is 0. The fourth-order valence-electron chi connectivity index (χ4n) is 2.66. The number of rotatable bonds is 6. The van der Waals surface area contributed by atoms with Gasteiger partial charge in [-0.25, -0.2) is 14.0 Å². The van der Waals surface area contributed by atoms with Crippen molar-refractivity contribution in [3.63, 3.8) is 0 Å². The van der Waals surface area contributed by atoms with Crippen LogP contribution in [0.25, 0.3) is 0 Å². The van der Waals surface area contributed by atoms with Gasteiger partial charge in [0.1, 0.15) is 17.0 Å². The molecular weight excluding hydrogens is 329 g/mol. The summed E-state index contributed by atoms with van der Waals surface area (Å²) in [5, 5.41) is 0. The molecule has 136 valence electrons. The van der Waals surface area contributed by atoms with Crippen molar-refractivity contribution in [2.24, 2.45) is 17.1 Å². The van der Waals surface area contributed by atoms with Gasteiger partial charge in [-0.1, -0.05) is 13.8 Å². The highest BCUT2D eigenvalue weighted by atomic mass is 19.1. The second-order valence-corrected chi connectivity index (χ2v) is 7.06. The average molecular weight is 351 g/mol. The largest absolute Gasteiger partial charge is 0.421 e. The molecule has 0 spiro atoms. The van der Waals surface area contributed by atoms with Crippen LogP contribution in [0.1, 0.15) is 39.7 Å². The number of halogens is 1. The second kappa shape index (κ2) is 6.55. The molecule has 0 aliphatic carbocycles. The van der Waals surface area contributed by atoms with E-state index in [1.807, 2.05) is 13.8 Å². The third-order valence-corrected chi connectivity index (χ3v) is 4.66. The van der Waals surface area contributed by atoms with E-state index in [1.54, 1.807) is 0 Å². The molecule has 1 aliphatic heterocycles. The second-order valence-electron chi connectivity index (χ2n) is 7.06. The maximum absolute atomic E-state index is 13.3. The first-order valence-electron chi connectivity index (χ1n) is 8.02. The van der Waals surface area contributed by atoms with Crippen LogP contribution < -0.4 is 5.73 Å². The van der Waals surface area contributed by atoms with Crippen LogP contribution in [-0.4, -0.2) is 23.8 Å². The maximum Gasteiger partial charge on any atom is 0.421 e. The molecule has 1 fully saturated rings. The Balaban J connectivity index is 2.48. The topological polar surface area (TPSA) is 95.7 Å². The van der Waals surface area contributed by atoms with Crippen molar-refractivity contribution in [2.75, 3.05) is 0 Å². The number of esters is 2. The minimum Gasteiger partial charge on any atom is -0.408 e. The third-order valence-electron chi connectivity index (χ3n) is 4.66. The average Bonchev–Trinajstić information content (AvgIpc) is 2.84. The van der Waals surface area contributed by atoms with Crippen LogP contribution >= 0.6 is 0 Å². The first kappa shape index (κ1) is 19.1. The molecule has 1 aromatic rings. The fraction of sp³-hybridized carbons (Fsp3) is 0.500. The first-order valence-corrected chi connectivity index (χ1v) is 8.02. The Morgan fingerprint density at radius 1 is 1.16 bits per heavy atom. The summed E-state index contributed by atoms with van der Waals surface area (Å²) in [6.45, 7) is 6.79. The van der Waals surface area contributed by atoms with Crippen LogP contribution in [-0.2, 0) is 29.6 Å². The SMILES string of the molecule is CC(C)C(N)CC(=O)C(C)(C)C1(c2ccc(F)cc2)OC(=O)C(=O)O1. The zero-order valence-corrected chi connectivity index (χ0v) is 14.7. The fourth-order valence-corrected chi connectivity index (χ4v) is 2.66. The highest BCUT2D eigenvalue weighted by molar-refractivity contribution is 6.31. The Kier molecular flexibility index (Phi) is 4.99. The quantitative estimate of drug-likeness (QED) is 0.622. The van der Waals surface area contributed by atoms with Gasteiger partial charge in [0, 0.05) is 18.0 Å². The van der Waals surface area contributed by atoms with Gasteiger partial charge >= 0.3 is 11.9 Å². The molecule has 0 radical (unpaired) electrons. The lowest BCUT2D eigenvalue weighted by molar-refractivity contribution is -0.230. The van der Waals surface area contributed by atoms with Gasteiger partial charge in [-0.2, -0.15) is 0 Å². The van der Waals surface area contributed by atoms with Crippen molar-refractivity contribution < 1.29 is 28.2 Å². The summed E-state index contributed by atoms with van der Waals surface area (Å²) < 4.78 is 23.7. The summed E-state index contributed by atoms with van der Waals surface area (Å²) in [6.07, 6.45) is 0.0166. The summed E-state index contributed by atoms with van der Waals surface area (Å²) in [5.41, 5.74) is 4.76. The van der Waals surface area contributed by atoms with Crippen LogP contribution in [0.3, 0.4) is 0 Å². The van der Waals surface area contributed by atoms with Crippen molar-refractivity contribution in [2.45, 2.75) is 45.9 Å². The lowest BCUT2D eigenvalue weighted by Gasteiger charge is -2.39. The number of ether oxygens (including phenoxy) is 2. The Morgan fingerprint density at radius 3 is 2.08 bits per heavy atom. The molecule has 1 unspecified atom stereocenters. The van der Waals surface area contributed by atoms with Crippen molar-refractivity contribution in [1.82, 2.24) is 0 Å². The van der Waals surface area contributed by atoms with Gasteiger partial charge in [0.25, 0.3) is 5.79 Å². The molecule has 25 heavy (non-hydrogen) atoms. The van der Waals surface area contributed by atoms with Gasteiger partial charge in [0.2, 0.25) is 0 Å². The van der Waals surface area contributed by atoms with Gasteiger partial charge in [-0.3, -0.25) is 4.79 Å². The van der Waals surface area contributed by atoms with Crippen LogP contribution in [0.5, 0.6) is 0 Å². The van der Waals surface area contributed by atoms with E-state index in [4.69, 9.17) is 15.2 Å². The molecule has 0 saturated carbocycles. The van der Waals surface area contributed by atoms with E-state index in [1.165, 1.54) is 26.0 Å². The third kappa shape index (κ3) is 3.28. The van der Waals surface area contributed by atoms with Gasteiger partial charge in [-0.05, 0) is 44.0 Å². The van der Waals surface area contributed by atoms with E-state index < -0.39 is 35.0 Å². The molecule has 2 rings (SSSR count). The summed E-state index contributed by atoms with van der Waals surface area (Å²) in [5.74, 6) is -5.13. The molecule has 0 bridgehead atoms. The summed E-state index contributed by atoms with van der Waals surface area (Å²) in [6, 6.07) is 4.51. The summed E-state index contributed by atoms with van der Waals surface area (Å²) >= 11 is 0. The number of nitrogens with two attached hydrogens (primary N) is 1. The summed E-state index contributed by atoms with van der Waals surface area (Å²) in [4.78, 5) is 36.3. The smallest absolute Gasteiger partial charge is 0.408 e. The molecule has 1 saturated heterocycles. The number of hydrogen-bond donors (Lipinski definition) is 1. The van der Waals surface area contributed by atoms with Gasteiger partial charge in [0.15, 0.2) is 0 Å². The Labute approximate surface area is 145 Å². The van der Waals surface area contributed by atoms with Crippen molar-refractivity contribution in [3.8, 4) is 0 Å². The van der Waals surface area contributed by atoms with Crippen molar-refractivity contribution >= 4 is 17.7 Å². The minimum absolute atomic E-state index is 0.0166. The molecule has 1 aliphatic rings. The lowest BCUT2D eigenvalue weighted by Crippen LogP contribution is -2.50. The van der Waals surface area contributed by atoms with E-state index in [2.05, 4.69) is 0 Å². The number of ketones is 1. The van der Waals surface area contributed by atoms with Gasteiger partial charge < -0.3 is 15.2 Å². The Hall–Kier alpha value is -2.28. The maximum atomic E-state index is 13.3. The number of Topliss-reactive ketones (excluding diaryl/α,β-unsaturated/α-hetero) is 1. The molecule has 1 heterocycles. The van der Waals surface area contributed by atoms with Crippen LogP contribution in [0.4, 0.5) is 4.39 Å². The van der Waals surface area contributed by atoms with Gasteiger partial charge in [0.05, 0.1) is 0 Å². The van der Waals surface area contributed by atoms with Crippen LogP contribution in [0.2, 0.25) is 0 Å². The molecule has 0 amide bonds. The van der Waals surface area contributed by atoms with E-state index in [-0.39, 0.29) is 23.7 Å². The molecule has 7 heteroatoms. The number of cyclic esters (lactones) is 2. The van der Waals surface area contributed by atoms with E-state index in [9.17, 15) is 18.8 Å². The Morgan fingerprint density at radius 2 is 1.64 bits per heavy atom. The molecule has 1 aromatic carbocycles. The molecule has 6 nitrogen and oxygen atoms in total. The predicted molar refractivity (Wildman–Crippen MR) is 86.5 cm³/mol. The van der Waals surface area contributed by atoms with Crippen molar-refractivity contribution in [3.05, 3.63) is 35.6 Å². The van der Waals surface area contributed by atoms with Gasteiger partial charge in [-0.15, -0.1) is 0 Å². The molecule has 1 atom stereocenters. The van der Waals surface area contributed by atoms with Crippen LogP contribution in [0.15, 0.2) is 24.3 Å². The highest BCUT2D eigenvalue weighted by Gasteiger charge is 2.62. The molecular formula is C18H22FNO5. The zero-order valence-electron chi connectivity index (χ0n) is 14.7. The van der Waals surface area contributed by atoms with E-state index in [0.717, 1.165) is 12.1 Å². The monoisotopic (exact) mass is 351 g/mol. The highest BCUT2D eigenvalue weighted by Crippen LogP contribution is 2.48. The van der Waals surface area contributed by atoms with E-state index in [0.29, 0.717) is 0 Å². The first-order chi connectivity index (χ1) is 11.5. The number of hydrogen-bond acceptors (Lipinski definition) is 6.